The largest absolute Gasteiger partial charge is 0.384 e. The number of rotatable bonds is 7. The fourth-order valence-electron chi connectivity index (χ4n) is 2.59. The number of hydrogen-bond acceptors (Lipinski definition) is 9. The third-order valence-corrected chi connectivity index (χ3v) is 6.31. The molecule has 0 saturated carbocycles. The summed E-state index contributed by atoms with van der Waals surface area (Å²) in [5, 5.41) is 11.9. The van der Waals surface area contributed by atoms with Gasteiger partial charge in [0.15, 0.2) is 10.1 Å². The first-order valence-corrected chi connectivity index (χ1v) is 10.5. The minimum Gasteiger partial charge on any atom is -0.384 e. The third-order valence-electron chi connectivity index (χ3n) is 4.34. The molecule has 1 aromatic carbocycles. The van der Waals surface area contributed by atoms with E-state index < -0.39 is 17.0 Å². The van der Waals surface area contributed by atoms with Crippen molar-refractivity contribution in [3.63, 3.8) is 0 Å². The lowest BCUT2D eigenvalue weighted by Crippen LogP contribution is -2.41. The van der Waals surface area contributed by atoms with Gasteiger partial charge < -0.3 is 11.1 Å². The molecule has 3 N–H and O–H groups in total. The Morgan fingerprint density at radius 1 is 1.17 bits per heavy atom. The molecule has 0 aliphatic rings. The van der Waals surface area contributed by atoms with Gasteiger partial charge in [0.05, 0.1) is 5.75 Å². The van der Waals surface area contributed by atoms with E-state index in [1.165, 1.54) is 31.0 Å². The topological polar surface area (TPSA) is 125 Å². The summed E-state index contributed by atoms with van der Waals surface area (Å²) in [4.78, 5) is 36.7. The van der Waals surface area contributed by atoms with Gasteiger partial charge in [0.1, 0.15) is 11.4 Å². The van der Waals surface area contributed by atoms with Crippen LogP contribution >= 0.6 is 23.1 Å². The number of anilines is 3. The molecule has 0 spiro atoms. The number of benzene rings is 1. The average molecular weight is 433 g/mol. The molecular formula is C18H20N6O3S2. The van der Waals surface area contributed by atoms with E-state index in [1.807, 2.05) is 24.3 Å². The molecule has 3 rings (SSSR count). The second-order valence-electron chi connectivity index (χ2n) is 6.23. The molecule has 9 nitrogen and oxygen atoms in total. The van der Waals surface area contributed by atoms with Crippen LogP contribution in [0.1, 0.15) is 22.8 Å². The second-order valence-corrected chi connectivity index (χ2v) is 8.43. The molecule has 0 bridgehead atoms. The van der Waals surface area contributed by atoms with Crippen molar-refractivity contribution in [1.82, 2.24) is 19.3 Å². The van der Waals surface area contributed by atoms with Gasteiger partial charge in [-0.25, -0.2) is 4.79 Å². The number of nitrogens with two attached hydrogens (primary N) is 1. The van der Waals surface area contributed by atoms with Gasteiger partial charge in [-0.05, 0) is 24.1 Å². The van der Waals surface area contributed by atoms with Crippen LogP contribution in [0.3, 0.4) is 0 Å². The van der Waals surface area contributed by atoms with E-state index >= 15 is 0 Å². The number of aromatic nitrogens is 4. The first kappa shape index (κ1) is 20.8. The van der Waals surface area contributed by atoms with Crippen LogP contribution in [0.25, 0.3) is 0 Å². The summed E-state index contributed by atoms with van der Waals surface area (Å²) in [6.45, 7) is 2.09. The lowest BCUT2D eigenvalue weighted by atomic mass is 10.1. The highest BCUT2D eigenvalue weighted by atomic mass is 32.2. The van der Waals surface area contributed by atoms with Crippen molar-refractivity contribution in [2.75, 3.05) is 16.8 Å². The van der Waals surface area contributed by atoms with Gasteiger partial charge in [0.2, 0.25) is 5.13 Å². The van der Waals surface area contributed by atoms with Gasteiger partial charge in [0, 0.05) is 19.8 Å². The number of ketones is 1. The van der Waals surface area contributed by atoms with Crippen molar-refractivity contribution in [3.8, 4) is 0 Å². The SMILES string of the molecule is CCc1ccc(Nc2nnc(SCC(=O)c3c(N)n(C)c(=O)n(C)c3=O)s2)cc1. The predicted molar refractivity (Wildman–Crippen MR) is 115 cm³/mol. The van der Waals surface area contributed by atoms with E-state index in [1.54, 1.807) is 0 Å². The molecule has 0 radical (unpaired) electrons. The van der Waals surface area contributed by atoms with Gasteiger partial charge in [-0.1, -0.05) is 42.2 Å². The van der Waals surface area contributed by atoms with E-state index in [0.29, 0.717) is 9.47 Å². The average Bonchev–Trinajstić information content (AvgIpc) is 3.17. The molecule has 0 fully saturated rings. The fourth-order valence-corrected chi connectivity index (χ4v) is 4.23. The Kier molecular flexibility index (Phi) is 6.18. The number of aryl methyl sites for hydroxylation is 1. The Morgan fingerprint density at radius 2 is 1.86 bits per heavy atom. The minimum absolute atomic E-state index is 0.0442. The van der Waals surface area contributed by atoms with Crippen LogP contribution in [0.5, 0.6) is 0 Å². The number of hydrogen-bond donors (Lipinski definition) is 2. The minimum atomic E-state index is -0.702. The fraction of sp³-hybridized carbons (Fsp3) is 0.278. The molecule has 152 valence electrons. The van der Waals surface area contributed by atoms with E-state index in [-0.39, 0.29) is 17.1 Å². The lowest BCUT2D eigenvalue weighted by Gasteiger charge is -2.10. The Balaban J connectivity index is 1.69. The Hall–Kier alpha value is -2.92. The van der Waals surface area contributed by atoms with Crippen LogP contribution in [0.4, 0.5) is 16.6 Å². The van der Waals surface area contributed by atoms with Gasteiger partial charge >= 0.3 is 5.69 Å². The van der Waals surface area contributed by atoms with Crippen molar-refractivity contribution in [1.29, 1.82) is 0 Å². The molecule has 2 heterocycles. The van der Waals surface area contributed by atoms with E-state index in [9.17, 15) is 14.4 Å². The zero-order valence-electron chi connectivity index (χ0n) is 16.1. The number of nitrogens with one attached hydrogen (secondary N) is 1. The molecule has 29 heavy (non-hydrogen) atoms. The van der Waals surface area contributed by atoms with Crippen molar-refractivity contribution in [2.24, 2.45) is 14.1 Å². The number of nitrogen functional groups attached to an aromatic ring is 1. The third kappa shape index (κ3) is 4.40. The van der Waals surface area contributed by atoms with Crippen molar-refractivity contribution in [2.45, 2.75) is 17.7 Å². The second kappa shape index (κ2) is 8.62. The highest BCUT2D eigenvalue weighted by Crippen LogP contribution is 2.28. The van der Waals surface area contributed by atoms with E-state index in [4.69, 9.17) is 5.73 Å². The zero-order chi connectivity index (χ0) is 21.1. The van der Waals surface area contributed by atoms with Crippen LogP contribution in [-0.4, -0.2) is 30.9 Å². The Labute approximate surface area is 174 Å². The van der Waals surface area contributed by atoms with Crippen molar-refractivity contribution < 1.29 is 4.79 Å². The highest BCUT2D eigenvalue weighted by Gasteiger charge is 2.20. The molecular weight excluding hydrogens is 412 g/mol. The number of carbonyl (C=O) groups is 1. The summed E-state index contributed by atoms with van der Waals surface area (Å²) in [5.41, 5.74) is 6.48. The summed E-state index contributed by atoms with van der Waals surface area (Å²) in [5.74, 6) is -0.653. The summed E-state index contributed by atoms with van der Waals surface area (Å²) in [6.07, 6.45) is 0.969. The van der Waals surface area contributed by atoms with E-state index in [2.05, 4.69) is 22.4 Å². The summed E-state index contributed by atoms with van der Waals surface area (Å²) in [7, 11) is 2.72. The maximum absolute atomic E-state index is 12.5. The van der Waals surface area contributed by atoms with Crippen LogP contribution in [0.15, 0.2) is 38.2 Å². The highest BCUT2D eigenvalue weighted by molar-refractivity contribution is 8.01. The maximum atomic E-state index is 12.5. The smallest absolute Gasteiger partial charge is 0.332 e. The van der Waals surface area contributed by atoms with Crippen LogP contribution in [0, 0.1) is 0 Å². The molecule has 0 atom stereocenters. The molecule has 0 amide bonds. The van der Waals surface area contributed by atoms with Crippen molar-refractivity contribution >= 4 is 45.5 Å². The molecule has 11 heteroatoms. The number of thioether (sulfide) groups is 1. The first-order chi connectivity index (χ1) is 13.8. The molecule has 0 aliphatic heterocycles. The monoisotopic (exact) mass is 432 g/mol. The lowest BCUT2D eigenvalue weighted by molar-refractivity contribution is 0.102. The van der Waals surface area contributed by atoms with Crippen LogP contribution in [-0.2, 0) is 20.5 Å². The van der Waals surface area contributed by atoms with Gasteiger partial charge in [-0.3, -0.25) is 18.7 Å². The standard InChI is InChI=1S/C18H20N6O3S2/c1-4-10-5-7-11(8-6-10)20-16-21-22-17(29-16)28-9-12(25)13-14(19)23(2)18(27)24(3)15(13)26/h5-8H,4,9,19H2,1-3H3,(H,20,21). The van der Waals surface area contributed by atoms with Gasteiger partial charge in [-0.2, -0.15) is 0 Å². The molecule has 3 aromatic rings. The summed E-state index contributed by atoms with van der Waals surface area (Å²) in [6, 6.07) is 8.01. The maximum Gasteiger partial charge on any atom is 0.332 e. The van der Waals surface area contributed by atoms with Crippen LogP contribution < -0.4 is 22.3 Å². The predicted octanol–water partition coefficient (Wildman–Crippen LogP) is 1.80. The summed E-state index contributed by atoms with van der Waals surface area (Å²) >= 11 is 2.46. The number of Topliss-reactive ketones (excluding diaryl/α,β-unsaturated/α-hetero) is 1. The van der Waals surface area contributed by atoms with Crippen LogP contribution in [0.2, 0.25) is 0 Å². The zero-order valence-corrected chi connectivity index (χ0v) is 17.8. The molecule has 0 aliphatic carbocycles. The molecule has 2 aromatic heterocycles. The summed E-state index contributed by atoms with van der Waals surface area (Å²) < 4.78 is 2.52. The van der Waals surface area contributed by atoms with Gasteiger partial charge in [-0.15, -0.1) is 10.2 Å². The first-order valence-electron chi connectivity index (χ1n) is 8.72. The molecule has 0 saturated heterocycles. The number of carbonyl (C=O) groups excluding carboxylic acids is 1. The normalized spacial score (nSPS) is 10.9. The van der Waals surface area contributed by atoms with E-state index in [0.717, 1.165) is 33.0 Å². The quantitative estimate of drug-likeness (QED) is 0.428. The Morgan fingerprint density at radius 3 is 2.52 bits per heavy atom. The van der Waals surface area contributed by atoms with Gasteiger partial charge in [0.25, 0.3) is 5.56 Å². The van der Waals surface area contributed by atoms with Crippen molar-refractivity contribution in [3.05, 3.63) is 56.2 Å². The molecule has 0 unspecified atom stereocenters. The number of nitrogens with zero attached hydrogens (tertiary/aromatic N) is 4. The Bertz CT molecular complexity index is 1160.